The van der Waals surface area contributed by atoms with Gasteiger partial charge in [0.05, 0.1) is 6.04 Å². The number of carbonyl (C=O) groups excluding carboxylic acids is 1. The molecule has 0 aromatic heterocycles. The van der Waals surface area contributed by atoms with Gasteiger partial charge in [0.2, 0.25) is 0 Å². The van der Waals surface area contributed by atoms with Gasteiger partial charge in [-0.15, -0.1) is 0 Å². The molecule has 2 saturated heterocycles. The van der Waals surface area contributed by atoms with Crippen molar-refractivity contribution in [1.82, 2.24) is 9.80 Å². The average molecular weight is 440 g/mol. The minimum absolute atomic E-state index is 0.149. The quantitative estimate of drug-likeness (QED) is 0.545. The van der Waals surface area contributed by atoms with Crippen LogP contribution in [0.3, 0.4) is 0 Å². The van der Waals surface area contributed by atoms with Crippen molar-refractivity contribution < 1.29 is 4.79 Å². The van der Waals surface area contributed by atoms with Crippen LogP contribution in [0.5, 0.6) is 0 Å². The van der Waals surface area contributed by atoms with Gasteiger partial charge in [0.1, 0.15) is 0 Å². The van der Waals surface area contributed by atoms with E-state index in [1.807, 2.05) is 17.0 Å². The Morgan fingerprint density at radius 1 is 0.606 bits per heavy atom. The Balaban J connectivity index is 1.25. The molecule has 5 rings (SSSR count). The van der Waals surface area contributed by atoms with Crippen molar-refractivity contribution in [3.05, 3.63) is 102 Å². The highest BCUT2D eigenvalue weighted by atomic mass is 16.2. The third-order valence-electron chi connectivity index (χ3n) is 7.03. The molecular formula is C29H33N3O. The summed E-state index contributed by atoms with van der Waals surface area (Å²) in [4.78, 5) is 20.2. The first-order valence-corrected chi connectivity index (χ1v) is 12.3. The van der Waals surface area contributed by atoms with E-state index in [2.05, 4.69) is 82.6 Å². The van der Waals surface area contributed by atoms with Crippen molar-refractivity contribution >= 4 is 11.6 Å². The fourth-order valence-corrected chi connectivity index (χ4v) is 5.22. The number of anilines is 1. The molecule has 2 aliphatic heterocycles. The second kappa shape index (κ2) is 10.2. The molecular weight excluding hydrogens is 406 g/mol. The molecule has 4 nitrogen and oxygen atoms in total. The lowest BCUT2D eigenvalue weighted by atomic mass is 9.96. The highest BCUT2D eigenvalue weighted by Crippen LogP contribution is 2.30. The number of amides is 1. The van der Waals surface area contributed by atoms with Gasteiger partial charge in [-0.1, -0.05) is 60.7 Å². The summed E-state index contributed by atoms with van der Waals surface area (Å²) in [7, 11) is 0. The summed E-state index contributed by atoms with van der Waals surface area (Å²) >= 11 is 0. The Morgan fingerprint density at radius 2 is 1.15 bits per heavy atom. The Labute approximate surface area is 197 Å². The van der Waals surface area contributed by atoms with Gasteiger partial charge in [0.25, 0.3) is 5.91 Å². The lowest BCUT2D eigenvalue weighted by Crippen LogP contribution is -2.49. The summed E-state index contributed by atoms with van der Waals surface area (Å²) in [6.45, 7) is 5.49. The van der Waals surface area contributed by atoms with Crippen molar-refractivity contribution in [2.45, 2.75) is 25.3 Å². The summed E-state index contributed by atoms with van der Waals surface area (Å²) in [6, 6.07) is 29.9. The fraction of sp³-hybridized carbons (Fsp3) is 0.345. The smallest absolute Gasteiger partial charge is 0.253 e. The first kappa shape index (κ1) is 21.7. The van der Waals surface area contributed by atoms with Gasteiger partial charge in [-0.25, -0.2) is 0 Å². The molecule has 170 valence electrons. The van der Waals surface area contributed by atoms with Crippen molar-refractivity contribution in [1.29, 1.82) is 0 Å². The minimum Gasteiger partial charge on any atom is -0.372 e. The van der Waals surface area contributed by atoms with Gasteiger partial charge in [0.15, 0.2) is 0 Å². The van der Waals surface area contributed by atoms with Crippen LogP contribution in [0.15, 0.2) is 84.9 Å². The molecule has 2 aliphatic rings. The third-order valence-corrected chi connectivity index (χ3v) is 7.03. The van der Waals surface area contributed by atoms with Crippen molar-refractivity contribution in [2.24, 2.45) is 0 Å². The summed E-state index contributed by atoms with van der Waals surface area (Å²) in [5, 5.41) is 0. The molecule has 0 atom stereocenters. The highest BCUT2D eigenvalue weighted by Gasteiger charge is 2.28. The molecule has 3 aromatic carbocycles. The van der Waals surface area contributed by atoms with Gasteiger partial charge in [-0.05, 0) is 54.7 Å². The number of nitrogens with zero attached hydrogens (tertiary/aromatic N) is 3. The van der Waals surface area contributed by atoms with Crippen LogP contribution in [0.4, 0.5) is 5.69 Å². The average Bonchev–Trinajstić information content (AvgIpc) is 2.91. The van der Waals surface area contributed by atoms with Crippen LogP contribution in [-0.2, 0) is 0 Å². The summed E-state index contributed by atoms with van der Waals surface area (Å²) < 4.78 is 0. The Bertz CT molecular complexity index is 982. The molecule has 0 bridgehead atoms. The Morgan fingerprint density at radius 3 is 1.70 bits per heavy atom. The minimum atomic E-state index is 0.149. The number of benzene rings is 3. The van der Waals surface area contributed by atoms with Crippen molar-refractivity contribution in [2.75, 3.05) is 44.2 Å². The van der Waals surface area contributed by atoms with Gasteiger partial charge in [-0.3, -0.25) is 9.69 Å². The van der Waals surface area contributed by atoms with E-state index in [1.165, 1.54) is 36.1 Å². The van der Waals surface area contributed by atoms with Gasteiger partial charge >= 0.3 is 0 Å². The maximum atomic E-state index is 13.2. The third kappa shape index (κ3) is 4.96. The first-order valence-electron chi connectivity index (χ1n) is 12.3. The van der Waals surface area contributed by atoms with E-state index in [4.69, 9.17) is 0 Å². The SMILES string of the molecule is O=C(c1ccc(N2CCCCC2)cc1)N1CCN(C(c2ccccc2)c2ccccc2)CC1. The number of hydrogen-bond donors (Lipinski definition) is 0. The lowest BCUT2D eigenvalue weighted by Gasteiger charge is -2.40. The van der Waals surface area contributed by atoms with Crippen LogP contribution in [-0.4, -0.2) is 55.0 Å². The molecule has 0 aliphatic carbocycles. The lowest BCUT2D eigenvalue weighted by molar-refractivity contribution is 0.0597. The van der Waals surface area contributed by atoms with Gasteiger partial charge in [0, 0.05) is 50.5 Å². The van der Waals surface area contributed by atoms with E-state index < -0.39 is 0 Å². The second-order valence-electron chi connectivity index (χ2n) is 9.15. The van der Waals surface area contributed by atoms with E-state index >= 15 is 0 Å². The topological polar surface area (TPSA) is 26.8 Å². The van der Waals surface area contributed by atoms with Crippen molar-refractivity contribution in [3.8, 4) is 0 Å². The zero-order valence-corrected chi connectivity index (χ0v) is 19.3. The molecule has 0 unspecified atom stereocenters. The Kier molecular flexibility index (Phi) is 6.73. The highest BCUT2D eigenvalue weighted by molar-refractivity contribution is 5.94. The first-order chi connectivity index (χ1) is 16.3. The van der Waals surface area contributed by atoms with E-state index in [0.29, 0.717) is 0 Å². The molecule has 0 N–H and O–H groups in total. The standard InChI is InChI=1S/C29H33N3O/c33-29(26-14-16-27(17-15-26)30-18-8-3-9-19-30)32-22-20-31(21-23-32)28(24-10-4-1-5-11-24)25-12-6-2-7-13-25/h1-2,4-7,10-17,28H,3,8-9,18-23H2. The largest absolute Gasteiger partial charge is 0.372 e. The maximum Gasteiger partial charge on any atom is 0.253 e. The molecule has 2 heterocycles. The second-order valence-corrected chi connectivity index (χ2v) is 9.15. The molecule has 0 radical (unpaired) electrons. The molecule has 0 saturated carbocycles. The molecule has 2 fully saturated rings. The summed E-state index contributed by atoms with van der Waals surface area (Å²) in [5.41, 5.74) is 4.64. The van der Waals surface area contributed by atoms with E-state index in [0.717, 1.165) is 44.8 Å². The van der Waals surface area contributed by atoms with Crippen LogP contribution in [0.25, 0.3) is 0 Å². The zero-order chi connectivity index (χ0) is 22.5. The van der Waals surface area contributed by atoms with Crippen LogP contribution in [0.2, 0.25) is 0 Å². The van der Waals surface area contributed by atoms with Crippen LogP contribution >= 0.6 is 0 Å². The number of piperazine rings is 1. The fourth-order valence-electron chi connectivity index (χ4n) is 5.22. The van der Waals surface area contributed by atoms with Crippen LogP contribution in [0, 0.1) is 0 Å². The number of hydrogen-bond acceptors (Lipinski definition) is 3. The van der Waals surface area contributed by atoms with Crippen molar-refractivity contribution in [3.63, 3.8) is 0 Å². The molecule has 1 amide bonds. The molecule has 33 heavy (non-hydrogen) atoms. The van der Waals surface area contributed by atoms with E-state index in [1.54, 1.807) is 0 Å². The van der Waals surface area contributed by atoms with Gasteiger partial charge in [-0.2, -0.15) is 0 Å². The van der Waals surface area contributed by atoms with Crippen LogP contribution < -0.4 is 4.90 Å². The van der Waals surface area contributed by atoms with E-state index in [-0.39, 0.29) is 11.9 Å². The summed E-state index contributed by atoms with van der Waals surface area (Å²) in [5.74, 6) is 0.149. The summed E-state index contributed by atoms with van der Waals surface area (Å²) in [6.07, 6.45) is 3.85. The molecule has 4 heteroatoms. The molecule has 0 spiro atoms. The van der Waals surface area contributed by atoms with E-state index in [9.17, 15) is 4.79 Å². The zero-order valence-electron chi connectivity index (χ0n) is 19.3. The normalized spacial score (nSPS) is 17.4. The maximum absolute atomic E-state index is 13.2. The monoisotopic (exact) mass is 439 g/mol. The Hall–Kier alpha value is -3.11. The predicted octanol–water partition coefficient (Wildman–Crippen LogP) is 5.22. The number of rotatable bonds is 5. The van der Waals surface area contributed by atoms with Crippen LogP contribution in [0.1, 0.15) is 46.8 Å². The number of piperidine rings is 1. The molecule has 3 aromatic rings. The van der Waals surface area contributed by atoms with Gasteiger partial charge < -0.3 is 9.80 Å². The number of carbonyl (C=O) groups is 1. The predicted molar refractivity (Wildman–Crippen MR) is 135 cm³/mol.